The third-order valence-corrected chi connectivity index (χ3v) is 5.90. The highest BCUT2D eigenvalue weighted by atomic mass is 19.1. The van der Waals surface area contributed by atoms with Crippen molar-refractivity contribution in [1.29, 1.82) is 0 Å². The van der Waals surface area contributed by atoms with Crippen LogP contribution < -0.4 is 10.1 Å². The summed E-state index contributed by atoms with van der Waals surface area (Å²) < 4.78 is 25.8. The first-order chi connectivity index (χ1) is 16.1. The highest BCUT2D eigenvalue weighted by Gasteiger charge is 2.28. The van der Waals surface area contributed by atoms with Gasteiger partial charge in [-0.3, -0.25) is 9.18 Å². The predicted octanol–water partition coefficient (Wildman–Crippen LogP) is 3.43. The molecular formula is C23H32FN5O5. The smallest absolute Gasteiger partial charge is 0.407 e. The van der Waals surface area contributed by atoms with Crippen LogP contribution in [0.1, 0.15) is 50.9 Å². The number of carboxylic acids is 1. The first kappa shape index (κ1) is 25.4. The van der Waals surface area contributed by atoms with Crippen LogP contribution in [0.5, 0.6) is 5.75 Å². The molecule has 2 aromatic rings. The molecule has 1 fully saturated rings. The Kier molecular flexibility index (Phi) is 8.06. The van der Waals surface area contributed by atoms with Crippen molar-refractivity contribution in [3.05, 3.63) is 23.5 Å². The van der Waals surface area contributed by atoms with Gasteiger partial charge in [0.05, 0.1) is 30.1 Å². The van der Waals surface area contributed by atoms with Crippen molar-refractivity contribution in [2.45, 2.75) is 59.2 Å². The quantitative estimate of drug-likeness (QED) is 0.562. The van der Waals surface area contributed by atoms with Gasteiger partial charge in [-0.05, 0) is 44.7 Å². The van der Waals surface area contributed by atoms with Crippen LogP contribution in [0, 0.1) is 18.3 Å². The first-order valence-corrected chi connectivity index (χ1v) is 11.3. The zero-order chi connectivity index (χ0) is 24.9. The summed E-state index contributed by atoms with van der Waals surface area (Å²) in [7, 11) is 1.69. The minimum Gasteiger partial charge on any atom is -0.489 e. The lowest BCUT2D eigenvalue weighted by atomic mass is 9.87. The molecule has 2 N–H and O–H groups in total. The number of hydrogen-bond acceptors (Lipinski definition) is 7. The SMILES string of the molecule is Cc1nc(-c2nnn(C)c2COC(=O)NCC(C)(C)CF)ccc1O[C@H]1CCC[C@H](C(=O)O)C1. The van der Waals surface area contributed by atoms with Gasteiger partial charge in [-0.1, -0.05) is 19.1 Å². The zero-order valence-electron chi connectivity index (χ0n) is 20.0. The van der Waals surface area contributed by atoms with Crippen LogP contribution in [0.15, 0.2) is 12.1 Å². The number of carbonyl (C=O) groups is 2. The normalized spacial score (nSPS) is 18.4. The standard InChI is InChI=1S/C23H32FN5O5/c1-14-19(34-16-7-5-6-15(10-16)21(30)31)9-8-17(26-14)20-18(29(4)28-27-20)11-33-22(32)25-13-23(2,3)12-24/h8-9,15-16H,5-7,10-13H2,1-4H3,(H,25,32)(H,30,31)/t15-,16-/m0/s1. The van der Waals surface area contributed by atoms with Gasteiger partial charge in [-0.15, -0.1) is 5.10 Å². The average Bonchev–Trinajstić information content (AvgIpc) is 3.18. The summed E-state index contributed by atoms with van der Waals surface area (Å²) in [6, 6.07) is 3.53. The van der Waals surface area contributed by atoms with E-state index < -0.39 is 24.2 Å². The van der Waals surface area contributed by atoms with E-state index >= 15 is 0 Å². The van der Waals surface area contributed by atoms with Crippen LogP contribution in [0.25, 0.3) is 11.4 Å². The van der Waals surface area contributed by atoms with E-state index in [9.17, 15) is 19.1 Å². The second-order valence-corrected chi connectivity index (χ2v) is 9.46. The van der Waals surface area contributed by atoms with Gasteiger partial charge in [0.25, 0.3) is 0 Å². The van der Waals surface area contributed by atoms with E-state index in [2.05, 4.69) is 20.6 Å². The Morgan fingerprint density at radius 2 is 2.09 bits per heavy atom. The molecule has 10 nitrogen and oxygen atoms in total. The molecule has 2 atom stereocenters. The summed E-state index contributed by atoms with van der Waals surface area (Å²) >= 11 is 0. The van der Waals surface area contributed by atoms with Crippen molar-refractivity contribution in [3.8, 4) is 17.1 Å². The van der Waals surface area contributed by atoms with Gasteiger partial charge < -0.3 is 19.9 Å². The molecule has 186 valence electrons. The Labute approximate surface area is 197 Å². The fraction of sp³-hybridized carbons (Fsp3) is 0.609. The number of halogens is 1. The van der Waals surface area contributed by atoms with Gasteiger partial charge in [-0.25, -0.2) is 14.5 Å². The molecular weight excluding hydrogens is 445 g/mol. The summed E-state index contributed by atoms with van der Waals surface area (Å²) in [6.45, 7) is 4.72. The van der Waals surface area contributed by atoms with Crippen molar-refractivity contribution in [1.82, 2.24) is 25.3 Å². The van der Waals surface area contributed by atoms with E-state index in [0.717, 1.165) is 12.8 Å². The summed E-state index contributed by atoms with van der Waals surface area (Å²) in [4.78, 5) is 27.9. The summed E-state index contributed by atoms with van der Waals surface area (Å²) in [6.07, 6.45) is 1.95. The molecule has 2 aromatic heterocycles. The number of hydrogen-bond donors (Lipinski definition) is 2. The maximum Gasteiger partial charge on any atom is 0.407 e. The molecule has 0 unspecified atom stereocenters. The number of pyridine rings is 1. The Morgan fingerprint density at radius 3 is 2.76 bits per heavy atom. The van der Waals surface area contributed by atoms with E-state index in [1.54, 1.807) is 33.0 Å². The number of ether oxygens (including phenoxy) is 2. The molecule has 0 aliphatic heterocycles. The monoisotopic (exact) mass is 477 g/mol. The van der Waals surface area contributed by atoms with Gasteiger partial charge in [0.2, 0.25) is 0 Å². The minimum atomic E-state index is -0.782. The summed E-state index contributed by atoms with van der Waals surface area (Å²) in [5.74, 6) is -0.569. The van der Waals surface area contributed by atoms with Crippen LogP contribution in [0.3, 0.4) is 0 Å². The number of aryl methyl sites for hydroxylation is 2. The molecule has 34 heavy (non-hydrogen) atoms. The number of rotatable bonds is 9. The molecule has 2 heterocycles. The van der Waals surface area contributed by atoms with Crippen LogP contribution in [0.4, 0.5) is 9.18 Å². The molecule has 1 aliphatic rings. The van der Waals surface area contributed by atoms with E-state index in [1.807, 2.05) is 6.92 Å². The number of carbonyl (C=O) groups excluding carboxylic acids is 1. The highest BCUT2D eigenvalue weighted by Crippen LogP contribution is 2.30. The summed E-state index contributed by atoms with van der Waals surface area (Å²) in [5.41, 5.74) is 1.53. The van der Waals surface area contributed by atoms with Crippen molar-refractivity contribution in [3.63, 3.8) is 0 Å². The third kappa shape index (κ3) is 6.42. The number of amides is 1. The molecule has 0 spiro atoms. The predicted molar refractivity (Wildman–Crippen MR) is 121 cm³/mol. The number of nitrogens with one attached hydrogen (secondary N) is 1. The van der Waals surface area contributed by atoms with Crippen LogP contribution >= 0.6 is 0 Å². The number of alkyl halides is 1. The maximum absolute atomic E-state index is 12.9. The zero-order valence-corrected chi connectivity index (χ0v) is 20.0. The lowest BCUT2D eigenvalue weighted by Gasteiger charge is -2.27. The minimum absolute atomic E-state index is 0.0850. The second-order valence-electron chi connectivity index (χ2n) is 9.46. The number of nitrogens with zero attached hydrogens (tertiary/aromatic N) is 4. The topological polar surface area (TPSA) is 128 Å². The number of alkyl carbamates (subject to hydrolysis) is 1. The molecule has 0 radical (unpaired) electrons. The fourth-order valence-electron chi connectivity index (χ4n) is 3.74. The Balaban J connectivity index is 1.66. The number of carboxylic acid groups (broad SMARTS) is 1. The van der Waals surface area contributed by atoms with Gasteiger partial charge >= 0.3 is 12.1 Å². The van der Waals surface area contributed by atoms with Crippen molar-refractivity contribution in [2.24, 2.45) is 18.4 Å². The third-order valence-electron chi connectivity index (χ3n) is 5.90. The molecule has 1 aliphatic carbocycles. The molecule has 1 amide bonds. The Hall–Kier alpha value is -3.24. The van der Waals surface area contributed by atoms with Crippen molar-refractivity contribution in [2.75, 3.05) is 13.2 Å². The Morgan fingerprint density at radius 1 is 1.32 bits per heavy atom. The maximum atomic E-state index is 12.9. The van der Waals surface area contributed by atoms with E-state index in [4.69, 9.17) is 9.47 Å². The van der Waals surface area contributed by atoms with E-state index in [1.165, 1.54) is 4.68 Å². The average molecular weight is 478 g/mol. The van der Waals surface area contributed by atoms with Crippen molar-refractivity contribution >= 4 is 12.1 Å². The van der Waals surface area contributed by atoms with Crippen molar-refractivity contribution < 1.29 is 28.6 Å². The Bertz CT molecular complexity index is 1030. The van der Waals surface area contributed by atoms with Gasteiger partial charge in [0.15, 0.2) is 0 Å². The molecule has 11 heteroatoms. The van der Waals surface area contributed by atoms with E-state index in [-0.39, 0.29) is 25.2 Å². The van der Waals surface area contributed by atoms with Crippen LogP contribution in [-0.4, -0.2) is 56.5 Å². The first-order valence-electron chi connectivity index (χ1n) is 11.3. The van der Waals surface area contributed by atoms with Gasteiger partial charge in [0, 0.05) is 19.0 Å². The molecule has 0 saturated heterocycles. The van der Waals surface area contributed by atoms with Gasteiger partial charge in [-0.2, -0.15) is 0 Å². The number of aliphatic carboxylic acids is 1. The molecule has 0 bridgehead atoms. The fourth-order valence-corrected chi connectivity index (χ4v) is 3.74. The van der Waals surface area contributed by atoms with Crippen LogP contribution in [-0.2, 0) is 23.2 Å². The van der Waals surface area contributed by atoms with Crippen LogP contribution in [0.2, 0.25) is 0 Å². The molecule has 3 rings (SSSR count). The highest BCUT2D eigenvalue weighted by molar-refractivity contribution is 5.70. The lowest BCUT2D eigenvalue weighted by molar-refractivity contribution is -0.143. The molecule has 0 aromatic carbocycles. The lowest BCUT2D eigenvalue weighted by Crippen LogP contribution is -2.35. The number of aromatic nitrogens is 4. The van der Waals surface area contributed by atoms with E-state index in [0.29, 0.717) is 41.4 Å². The molecule has 1 saturated carbocycles. The largest absolute Gasteiger partial charge is 0.489 e. The summed E-state index contributed by atoms with van der Waals surface area (Å²) in [5, 5.41) is 20.0. The second kappa shape index (κ2) is 10.8. The van der Waals surface area contributed by atoms with Gasteiger partial charge in [0.1, 0.15) is 23.7 Å².